The second-order valence-corrected chi connectivity index (χ2v) is 8.32. The van der Waals surface area contributed by atoms with E-state index in [-0.39, 0.29) is 13.0 Å². The summed E-state index contributed by atoms with van der Waals surface area (Å²) in [5, 5.41) is 8.79. The number of alkyl carbamates (subject to hydrolysis) is 1. The summed E-state index contributed by atoms with van der Waals surface area (Å²) < 4.78 is 11.2. The second-order valence-electron chi connectivity index (χ2n) is 8.32. The van der Waals surface area contributed by atoms with Gasteiger partial charge in [-0.2, -0.15) is 5.10 Å². The SMILES string of the molecule is CCCOc1ccc2ccccc2c1/C=N\NC(=O)[C@H](Cc1cnc[nH]1)NC(=O)OCc1ccccc1. The van der Waals surface area contributed by atoms with Gasteiger partial charge in [0.15, 0.2) is 0 Å². The molecule has 1 atom stereocenters. The molecule has 2 amide bonds. The minimum atomic E-state index is -0.941. The number of benzene rings is 3. The summed E-state index contributed by atoms with van der Waals surface area (Å²) in [6.07, 6.45) is 4.99. The van der Waals surface area contributed by atoms with Crippen molar-refractivity contribution in [3.63, 3.8) is 0 Å². The van der Waals surface area contributed by atoms with Crippen molar-refractivity contribution >= 4 is 29.0 Å². The maximum absolute atomic E-state index is 13.0. The van der Waals surface area contributed by atoms with Crippen LogP contribution in [0.15, 0.2) is 84.4 Å². The number of imidazole rings is 1. The lowest BCUT2D eigenvalue weighted by molar-refractivity contribution is -0.123. The number of H-pyrrole nitrogens is 1. The van der Waals surface area contributed by atoms with Crippen LogP contribution in [-0.4, -0.2) is 40.8 Å². The topological polar surface area (TPSA) is 118 Å². The van der Waals surface area contributed by atoms with Crippen molar-refractivity contribution in [3.05, 3.63) is 96.1 Å². The average molecular weight is 500 g/mol. The first kappa shape index (κ1) is 25.4. The van der Waals surface area contributed by atoms with Crippen LogP contribution in [0.3, 0.4) is 0 Å². The fourth-order valence-corrected chi connectivity index (χ4v) is 3.72. The Morgan fingerprint density at radius 2 is 1.89 bits per heavy atom. The third kappa shape index (κ3) is 7.17. The van der Waals surface area contributed by atoms with Crippen LogP contribution in [0.2, 0.25) is 0 Å². The Morgan fingerprint density at radius 1 is 1.08 bits per heavy atom. The van der Waals surface area contributed by atoms with Crippen LogP contribution in [0.1, 0.15) is 30.2 Å². The molecular formula is C28H29N5O4. The number of aromatic nitrogens is 2. The first-order chi connectivity index (χ1) is 18.1. The quantitative estimate of drug-likeness (QED) is 0.210. The van der Waals surface area contributed by atoms with Gasteiger partial charge in [0, 0.05) is 23.9 Å². The molecular weight excluding hydrogens is 470 g/mol. The van der Waals surface area contributed by atoms with Crippen LogP contribution in [0.5, 0.6) is 5.75 Å². The number of nitrogens with zero attached hydrogens (tertiary/aromatic N) is 2. The molecule has 0 aliphatic rings. The predicted molar refractivity (Wildman–Crippen MR) is 141 cm³/mol. The van der Waals surface area contributed by atoms with E-state index in [0.717, 1.165) is 28.3 Å². The van der Waals surface area contributed by atoms with Crippen molar-refractivity contribution in [3.8, 4) is 5.75 Å². The molecule has 0 fully saturated rings. The molecule has 9 heteroatoms. The summed E-state index contributed by atoms with van der Waals surface area (Å²) in [5.74, 6) is 0.175. The maximum Gasteiger partial charge on any atom is 0.408 e. The van der Waals surface area contributed by atoms with E-state index in [4.69, 9.17) is 9.47 Å². The summed E-state index contributed by atoms with van der Waals surface area (Å²) in [6, 6.07) is 20.1. The van der Waals surface area contributed by atoms with E-state index >= 15 is 0 Å². The third-order valence-electron chi connectivity index (χ3n) is 5.56. The Balaban J connectivity index is 1.46. The monoisotopic (exact) mass is 499 g/mol. The zero-order valence-corrected chi connectivity index (χ0v) is 20.5. The molecule has 37 heavy (non-hydrogen) atoms. The summed E-state index contributed by atoms with van der Waals surface area (Å²) in [5.41, 5.74) is 4.82. The molecule has 4 rings (SSSR count). The van der Waals surface area contributed by atoms with Crippen molar-refractivity contribution in [2.24, 2.45) is 5.10 Å². The minimum Gasteiger partial charge on any atom is -0.493 e. The van der Waals surface area contributed by atoms with Gasteiger partial charge in [0.05, 0.1) is 19.1 Å². The van der Waals surface area contributed by atoms with Crippen molar-refractivity contribution in [2.75, 3.05) is 6.61 Å². The van der Waals surface area contributed by atoms with E-state index in [2.05, 4.69) is 25.8 Å². The summed E-state index contributed by atoms with van der Waals surface area (Å²) in [6.45, 7) is 2.68. The standard InChI is InChI=1S/C28H29N5O4/c1-2-14-36-26-13-12-21-10-6-7-11-23(21)24(26)17-31-33-27(34)25(15-22-16-29-19-30-22)32-28(35)37-18-20-8-4-3-5-9-20/h3-13,16-17,19,25H,2,14-15,18H2,1H3,(H,29,30)(H,32,35)(H,33,34)/b31-17-/t25-/m0/s1. The van der Waals surface area contributed by atoms with Crippen LogP contribution >= 0.6 is 0 Å². The number of hydrogen-bond acceptors (Lipinski definition) is 6. The molecule has 0 unspecified atom stereocenters. The largest absolute Gasteiger partial charge is 0.493 e. The number of ether oxygens (including phenoxy) is 2. The molecule has 0 spiro atoms. The van der Waals surface area contributed by atoms with Crippen LogP contribution < -0.4 is 15.5 Å². The van der Waals surface area contributed by atoms with E-state index in [1.54, 1.807) is 12.4 Å². The zero-order valence-electron chi connectivity index (χ0n) is 20.5. The number of carbonyl (C=O) groups excluding carboxylic acids is 2. The van der Waals surface area contributed by atoms with Gasteiger partial charge in [0.2, 0.25) is 0 Å². The molecule has 0 radical (unpaired) electrons. The number of hydrogen-bond donors (Lipinski definition) is 3. The summed E-state index contributed by atoms with van der Waals surface area (Å²) >= 11 is 0. The van der Waals surface area contributed by atoms with E-state index in [1.165, 1.54) is 6.33 Å². The first-order valence-corrected chi connectivity index (χ1v) is 12.1. The highest BCUT2D eigenvalue weighted by Gasteiger charge is 2.22. The van der Waals surface area contributed by atoms with Gasteiger partial charge in [-0.1, -0.05) is 67.6 Å². The van der Waals surface area contributed by atoms with Crippen molar-refractivity contribution in [2.45, 2.75) is 32.4 Å². The van der Waals surface area contributed by atoms with Gasteiger partial charge in [-0.15, -0.1) is 0 Å². The highest BCUT2D eigenvalue weighted by Crippen LogP contribution is 2.26. The molecule has 0 saturated heterocycles. The number of rotatable bonds is 11. The summed E-state index contributed by atoms with van der Waals surface area (Å²) in [4.78, 5) is 32.4. The van der Waals surface area contributed by atoms with Crippen molar-refractivity contribution in [1.29, 1.82) is 0 Å². The van der Waals surface area contributed by atoms with E-state index in [1.807, 2.05) is 73.7 Å². The van der Waals surface area contributed by atoms with Crippen LogP contribution in [0.25, 0.3) is 10.8 Å². The zero-order chi connectivity index (χ0) is 25.9. The van der Waals surface area contributed by atoms with E-state index < -0.39 is 18.0 Å². The third-order valence-corrected chi connectivity index (χ3v) is 5.56. The van der Waals surface area contributed by atoms with Crippen LogP contribution in [0.4, 0.5) is 4.79 Å². The molecule has 0 aliphatic carbocycles. The molecule has 0 aliphatic heterocycles. The van der Waals surface area contributed by atoms with Crippen LogP contribution in [-0.2, 0) is 22.6 Å². The maximum atomic E-state index is 13.0. The first-order valence-electron chi connectivity index (χ1n) is 12.1. The van der Waals surface area contributed by atoms with Gasteiger partial charge < -0.3 is 19.8 Å². The normalized spacial score (nSPS) is 11.8. The van der Waals surface area contributed by atoms with Crippen molar-refractivity contribution in [1.82, 2.24) is 20.7 Å². The molecule has 3 N–H and O–H groups in total. The van der Waals surface area contributed by atoms with E-state index in [0.29, 0.717) is 18.1 Å². The Morgan fingerprint density at radius 3 is 2.68 bits per heavy atom. The predicted octanol–water partition coefficient (Wildman–Crippen LogP) is 4.34. The molecule has 4 aromatic rings. The minimum absolute atomic E-state index is 0.0881. The molecule has 9 nitrogen and oxygen atoms in total. The van der Waals surface area contributed by atoms with E-state index in [9.17, 15) is 9.59 Å². The lowest BCUT2D eigenvalue weighted by Gasteiger charge is -2.16. The molecule has 1 heterocycles. The number of aromatic amines is 1. The number of nitrogens with one attached hydrogen (secondary N) is 3. The van der Waals surface area contributed by atoms with Crippen LogP contribution in [0, 0.1) is 0 Å². The second kappa shape index (κ2) is 12.9. The Bertz CT molecular complexity index is 1340. The van der Waals surface area contributed by atoms with Gasteiger partial charge in [-0.05, 0) is 28.8 Å². The number of carbonyl (C=O) groups is 2. The van der Waals surface area contributed by atoms with Gasteiger partial charge >= 0.3 is 6.09 Å². The highest BCUT2D eigenvalue weighted by molar-refractivity contribution is 6.02. The molecule has 0 bridgehead atoms. The lowest BCUT2D eigenvalue weighted by atomic mass is 10.0. The van der Waals surface area contributed by atoms with Gasteiger partial charge in [0.25, 0.3) is 5.91 Å². The Kier molecular flexibility index (Phi) is 8.85. The van der Waals surface area contributed by atoms with Gasteiger partial charge in [0.1, 0.15) is 18.4 Å². The highest BCUT2D eigenvalue weighted by atomic mass is 16.5. The number of amides is 2. The number of fused-ring (bicyclic) bond motifs is 1. The van der Waals surface area contributed by atoms with Gasteiger partial charge in [-0.25, -0.2) is 15.2 Å². The fourth-order valence-electron chi connectivity index (χ4n) is 3.72. The fraction of sp³-hybridized carbons (Fsp3) is 0.214. The number of hydrazone groups is 1. The molecule has 3 aromatic carbocycles. The van der Waals surface area contributed by atoms with Gasteiger partial charge in [-0.3, -0.25) is 4.79 Å². The molecule has 0 saturated carbocycles. The molecule has 190 valence electrons. The Hall–Kier alpha value is -4.66. The van der Waals surface area contributed by atoms with Crippen molar-refractivity contribution < 1.29 is 19.1 Å². The lowest BCUT2D eigenvalue weighted by Crippen LogP contribution is -2.47. The Labute approximate surface area is 214 Å². The summed E-state index contributed by atoms with van der Waals surface area (Å²) in [7, 11) is 0. The average Bonchev–Trinajstić information content (AvgIpc) is 3.44. The smallest absolute Gasteiger partial charge is 0.408 e. The molecule has 1 aromatic heterocycles.